The first-order chi connectivity index (χ1) is 11.2. The SMILES string of the molecule is Cl.O=C(Cc1coc2cc(F)ccc12)N1CC[C@@H]2CNC[C@@H]2CC1. The highest BCUT2D eigenvalue weighted by Crippen LogP contribution is 2.28. The maximum absolute atomic E-state index is 13.2. The van der Waals surface area contributed by atoms with Crippen LogP contribution in [0.3, 0.4) is 0 Å². The van der Waals surface area contributed by atoms with Crippen LogP contribution in [0.5, 0.6) is 0 Å². The number of nitrogens with zero attached hydrogens (tertiary/aromatic N) is 1. The summed E-state index contributed by atoms with van der Waals surface area (Å²) in [6, 6.07) is 4.46. The topological polar surface area (TPSA) is 45.5 Å². The zero-order valence-corrected chi connectivity index (χ0v) is 14.3. The van der Waals surface area contributed by atoms with Crippen molar-refractivity contribution in [2.75, 3.05) is 26.2 Å². The summed E-state index contributed by atoms with van der Waals surface area (Å²) in [5.41, 5.74) is 1.35. The molecule has 3 heterocycles. The molecule has 0 bridgehead atoms. The molecular formula is C18H22ClFN2O2. The van der Waals surface area contributed by atoms with Gasteiger partial charge in [-0.25, -0.2) is 4.39 Å². The highest BCUT2D eigenvalue weighted by Gasteiger charge is 2.31. The van der Waals surface area contributed by atoms with E-state index in [2.05, 4.69) is 5.32 Å². The van der Waals surface area contributed by atoms with Gasteiger partial charge >= 0.3 is 0 Å². The molecule has 1 aromatic carbocycles. The predicted molar refractivity (Wildman–Crippen MR) is 92.8 cm³/mol. The van der Waals surface area contributed by atoms with Crippen molar-refractivity contribution in [3.63, 3.8) is 0 Å². The van der Waals surface area contributed by atoms with Gasteiger partial charge in [0, 0.05) is 30.1 Å². The Hall–Kier alpha value is -1.59. The van der Waals surface area contributed by atoms with Crippen LogP contribution in [0.4, 0.5) is 4.39 Å². The molecule has 4 rings (SSSR count). The van der Waals surface area contributed by atoms with Crippen molar-refractivity contribution in [2.24, 2.45) is 11.8 Å². The standard InChI is InChI=1S/C18H21FN2O2.ClH/c19-15-1-2-16-14(11-23-17(16)8-15)7-18(22)21-5-3-12-9-20-10-13(12)4-6-21;/h1-2,8,11-13,20H,3-7,9-10H2;1H/t12-,13+;. The van der Waals surface area contributed by atoms with E-state index < -0.39 is 0 Å². The molecule has 2 fully saturated rings. The van der Waals surface area contributed by atoms with Gasteiger partial charge in [-0.2, -0.15) is 0 Å². The van der Waals surface area contributed by atoms with Gasteiger partial charge in [0.2, 0.25) is 5.91 Å². The van der Waals surface area contributed by atoms with Gasteiger partial charge in [-0.1, -0.05) is 0 Å². The largest absolute Gasteiger partial charge is 0.464 e. The minimum Gasteiger partial charge on any atom is -0.464 e. The fraction of sp³-hybridized carbons (Fsp3) is 0.500. The van der Waals surface area contributed by atoms with Crippen LogP contribution in [-0.2, 0) is 11.2 Å². The third-order valence-corrected chi connectivity index (χ3v) is 5.33. The lowest BCUT2D eigenvalue weighted by molar-refractivity contribution is -0.130. The highest BCUT2D eigenvalue weighted by molar-refractivity contribution is 5.87. The lowest BCUT2D eigenvalue weighted by Crippen LogP contribution is -2.33. The van der Waals surface area contributed by atoms with Crippen molar-refractivity contribution in [3.05, 3.63) is 35.8 Å². The number of fused-ring (bicyclic) bond motifs is 2. The molecule has 0 spiro atoms. The number of carbonyl (C=O) groups is 1. The Bertz CT molecular complexity index is 719. The van der Waals surface area contributed by atoms with E-state index in [0.29, 0.717) is 23.8 Å². The molecule has 0 unspecified atom stereocenters. The van der Waals surface area contributed by atoms with Crippen LogP contribution in [-0.4, -0.2) is 37.0 Å². The molecule has 1 N–H and O–H groups in total. The number of amides is 1. The van der Waals surface area contributed by atoms with E-state index in [0.717, 1.165) is 50.0 Å². The minimum atomic E-state index is -0.322. The van der Waals surface area contributed by atoms with E-state index in [-0.39, 0.29) is 24.1 Å². The Kier molecular flexibility index (Phi) is 5.11. The van der Waals surface area contributed by atoms with Gasteiger partial charge in [0.15, 0.2) is 0 Å². The molecule has 0 radical (unpaired) electrons. The van der Waals surface area contributed by atoms with E-state index in [1.54, 1.807) is 12.3 Å². The third-order valence-electron chi connectivity index (χ3n) is 5.33. The molecule has 24 heavy (non-hydrogen) atoms. The quantitative estimate of drug-likeness (QED) is 0.903. The van der Waals surface area contributed by atoms with Crippen molar-refractivity contribution in [3.8, 4) is 0 Å². The fourth-order valence-electron chi connectivity index (χ4n) is 3.94. The molecule has 1 amide bonds. The lowest BCUT2D eigenvalue weighted by atomic mass is 9.92. The number of carbonyl (C=O) groups excluding carboxylic acids is 1. The van der Waals surface area contributed by atoms with Crippen LogP contribution >= 0.6 is 12.4 Å². The van der Waals surface area contributed by atoms with Gasteiger partial charge < -0.3 is 14.6 Å². The van der Waals surface area contributed by atoms with Crippen LogP contribution < -0.4 is 5.32 Å². The number of hydrogen-bond donors (Lipinski definition) is 1. The monoisotopic (exact) mass is 352 g/mol. The van der Waals surface area contributed by atoms with E-state index in [4.69, 9.17) is 4.42 Å². The zero-order valence-electron chi connectivity index (χ0n) is 13.5. The normalized spacial score (nSPS) is 23.6. The van der Waals surface area contributed by atoms with Crippen molar-refractivity contribution >= 4 is 29.3 Å². The van der Waals surface area contributed by atoms with E-state index in [9.17, 15) is 9.18 Å². The van der Waals surface area contributed by atoms with Gasteiger partial charge in [0.1, 0.15) is 11.4 Å². The number of likely N-dealkylation sites (tertiary alicyclic amines) is 1. The average molecular weight is 353 g/mol. The fourth-order valence-corrected chi connectivity index (χ4v) is 3.94. The van der Waals surface area contributed by atoms with Gasteiger partial charge in [-0.15, -0.1) is 12.4 Å². The van der Waals surface area contributed by atoms with Gasteiger partial charge in [0.25, 0.3) is 0 Å². The summed E-state index contributed by atoms with van der Waals surface area (Å²) in [5, 5.41) is 4.28. The van der Waals surface area contributed by atoms with Crippen LogP contribution in [0.1, 0.15) is 18.4 Å². The Balaban J connectivity index is 0.00000169. The van der Waals surface area contributed by atoms with Crippen molar-refractivity contribution in [2.45, 2.75) is 19.3 Å². The third kappa shape index (κ3) is 3.28. The van der Waals surface area contributed by atoms with E-state index in [1.165, 1.54) is 12.1 Å². The van der Waals surface area contributed by atoms with Crippen LogP contribution in [0.25, 0.3) is 11.0 Å². The van der Waals surface area contributed by atoms with Crippen molar-refractivity contribution in [1.29, 1.82) is 0 Å². The number of halogens is 2. The average Bonchev–Trinajstić information content (AvgIpc) is 3.09. The summed E-state index contributed by atoms with van der Waals surface area (Å²) in [6.07, 6.45) is 4.08. The maximum atomic E-state index is 13.2. The molecule has 6 heteroatoms. The maximum Gasteiger partial charge on any atom is 0.227 e. The molecule has 2 aromatic rings. The number of benzene rings is 1. The highest BCUT2D eigenvalue weighted by atomic mass is 35.5. The van der Waals surface area contributed by atoms with Crippen molar-refractivity contribution in [1.82, 2.24) is 10.2 Å². The molecule has 2 aliphatic rings. The second-order valence-corrected chi connectivity index (χ2v) is 6.71. The van der Waals surface area contributed by atoms with E-state index in [1.807, 2.05) is 4.90 Å². The minimum absolute atomic E-state index is 0. The molecule has 2 aliphatic heterocycles. The Labute approximate surface area is 146 Å². The van der Waals surface area contributed by atoms with Crippen molar-refractivity contribution < 1.29 is 13.6 Å². The summed E-state index contributed by atoms with van der Waals surface area (Å²) < 4.78 is 18.6. The van der Waals surface area contributed by atoms with Crippen LogP contribution in [0, 0.1) is 17.7 Å². The first-order valence-corrected chi connectivity index (χ1v) is 8.35. The van der Waals surface area contributed by atoms with Gasteiger partial charge in [-0.3, -0.25) is 4.79 Å². The number of rotatable bonds is 2. The predicted octanol–water partition coefficient (Wildman–Crippen LogP) is 2.99. The van der Waals surface area contributed by atoms with Crippen LogP contribution in [0.2, 0.25) is 0 Å². The second kappa shape index (κ2) is 7.11. The van der Waals surface area contributed by atoms with Gasteiger partial charge in [0.05, 0.1) is 12.7 Å². The van der Waals surface area contributed by atoms with E-state index >= 15 is 0 Å². The molecule has 2 saturated heterocycles. The molecule has 130 valence electrons. The Morgan fingerprint density at radius 1 is 1.25 bits per heavy atom. The molecular weight excluding hydrogens is 331 g/mol. The number of furan rings is 1. The molecule has 0 aliphatic carbocycles. The second-order valence-electron chi connectivity index (χ2n) is 6.71. The summed E-state index contributed by atoms with van der Waals surface area (Å²) in [5.74, 6) is 1.25. The summed E-state index contributed by atoms with van der Waals surface area (Å²) in [6.45, 7) is 3.85. The lowest BCUT2D eigenvalue weighted by Gasteiger charge is -2.20. The summed E-state index contributed by atoms with van der Waals surface area (Å²) >= 11 is 0. The molecule has 2 atom stereocenters. The number of nitrogens with one attached hydrogen (secondary N) is 1. The Morgan fingerprint density at radius 3 is 2.67 bits per heavy atom. The molecule has 1 aromatic heterocycles. The first kappa shape index (κ1) is 17.2. The van der Waals surface area contributed by atoms with Crippen LogP contribution in [0.15, 0.2) is 28.9 Å². The Morgan fingerprint density at radius 2 is 1.96 bits per heavy atom. The smallest absolute Gasteiger partial charge is 0.227 e. The number of hydrogen-bond acceptors (Lipinski definition) is 3. The summed E-state index contributed by atoms with van der Waals surface area (Å²) in [7, 11) is 0. The summed E-state index contributed by atoms with van der Waals surface area (Å²) in [4.78, 5) is 14.6. The molecule has 0 saturated carbocycles. The first-order valence-electron chi connectivity index (χ1n) is 8.35. The van der Waals surface area contributed by atoms with Gasteiger partial charge in [-0.05, 0) is 49.9 Å². The zero-order chi connectivity index (χ0) is 15.8. The molecule has 4 nitrogen and oxygen atoms in total.